The summed E-state index contributed by atoms with van der Waals surface area (Å²) < 4.78 is 25.9. The third-order valence-electron chi connectivity index (χ3n) is 2.60. The van der Waals surface area contributed by atoms with Gasteiger partial charge < -0.3 is 9.47 Å². The minimum absolute atomic E-state index is 0.199. The second-order valence-corrected chi connectivity index (χ2v) is 5.44. The first-order valence-corrected chi connectivity index (χ1v) is 6.48. The van der Waals surface area contributed by atoms with Crippen molar-refractivity contribution in [1.82, 2.24) is 4.57 Å². The molecule has 0 saturated carbocycles. The number of carbonyl (C=O) groups is 1. The molecule has 0 amide bonds. The molecule has 1 aromatic heterocycles. The van der Waals surface area contributed by atoms with Crippen molar-refractivity contribution in [2.24, 2.45) is 0 Å². The summed E-state index contributed by atoms with van der Waals surface area (Å²) in [6, 6.07) is 4.65. The first-order valence-electron chi connectivity index (χ1n) is 6.48. The van der Waals surface area contributed by atoms with Crippen molar-refractivity contribution < 1.29 is 18.7 Å². The summed E-state index contributed by atoms with van der Waals surface area (Å²) in [7, 11) is 0. The zero-order valence-electron chi connectivity index (χ0n) is 12.1. The van der Waals surface area contributed by atoms with Crippen molar-refractivity contribution in [3.8, 4) is 5.75 Å². The van der Waals surface area contributed by atoms with E-state index in [4.69, 9.17) is 9.47 Å². The van der Waals surface area contributed by atoms with Gasteiger partial charge in [-0.1, -0.05) is 0 Å². The van der Waals surface area contributed by atoms with E-state index in [-0.39, 0.29) is 12.1 Å². The molecule has 0 atom stereocenters. The number of halogens is 1. The van der Waals surface area contributed by atoms with Gasteiger partial charge in [-0.25, -0.2) is 13.8 Å². The molecule has 0 saturated heterocycles. The Balaban J connectivity index is 2.46. The standard InChI is InChI=1S/C15H18FNO3/c1-5-19-14(18)17-7-6-10-8-11(20-15(2,3)4)9-12(16)13(10)17/h6-9H,5H2,1-4H3. The highest BCUT2D eigenvalue weighted by Crippen LogP contribution is 2.27. The van der Waals surface area contributed by atoms with E-state index in [2.05, 4.69) is 0 Å². The van der Waals surface area contributed by atoms with E-state index in [0.717, 1.165) is 4.57 Å². The molecule has 0 aliphatic carbocycles. The fraction of sp³-hybridized carbons (Fsp3) is 0.400. The summed E-state index contributed by atoms with van der Waals surface area (Å²) in [4.78, 5) is 11.7. The molecule has 0 aliphatic heterocycles. The average molecular weight is 279 g/mol. The quantitative estimate of drug-likeness (QED) is 0.835. The highest BCUT2D eigenvalue weighted by atomic mass is 19.1. The zero-order valence-corrected chi connectivity index (χ0v) is 12.1. The van der Waals surface area contributed by atoms with Gasteiger partial charge in [0.05, 0.1) is 12.1 Å². The molecule has 5 heteroatoms. The Hall–Kier alpha value is -2.04. The van der Waals surface area contributed by atoms with E-state index in [9.17, 15) is 9.18 Å². The highest BCUT2D eigenvalue weighted by Gasteiger charge is 2.17. The van der Waals surface area contributed by atoms with E-state index >= 15 is 0 Å². The molecule has 0 fully saturated rings. The summed E-state index contributed by atoms with van der Waals surface area (Å²) >= 11 is 0. The SMILES string of the molecule is CCOC(=O)n1ccc2cc(OC(C)(C)C)cc(F)c21. The monoisotopic (exact) mass is 279 g/mol. The van der Waals surface area contributed by atoms with E-state index in [1.54, 1.807) is 19.1 Å². The van der Waals surface area contributed by atoms with E-state index < -0.39 is 17.5 Å². The molecule has 20 heavy (non-hydrogen) atoms. The fourth-order valence-electron chi connectivity index (χ4n) is 1.96. The van der Waals surface area contributed by atoms with Crippen LogP contribution in [0.15, 0.2) is 24.4 Å². The number of benzene rings is 1. The minimum atomic E-state index is -0.592. The fourth-order valence-corrected chi connectivity index (χ4v) is 1.96. The number of carbonyl (C=O) groups excluding carboxylic acids is 1. The molecule has 0 spiro atoms. The summed E-state index contributed by atoms with van der Waals surface area (Å²) in [6.45, 7) is 7.61. The van der Waals surface area contributed by atoms with Crippen LogP contribution < -0.4 is 4.74 Å². The average Bonchev–Trinajstić information content (AvgIpc) is 2.71. The first-order chi connectivity index (χ1) is 9.31. The Morgan fingerprint density at radius 2 is 2.05 bits per heavy atom. The molecule has 2 rings (SSSR count). The van der Waals surface area contributed by atoms with Crippen LogP contribution in [0.5, 0.6) is 5.75 Å². The largest absolute Gasteiger partial charge is 0.488 e. The predicted octanol–water partition coefficient (Wildman–Crippen LogP) is 3.96. The van der Waals surface area contributed by atoms with Crippen molar-refractivity contribution in [2.45, 2.75) is 33.3 Å². The van der Waals surface area contributed by atoms with Crippen molar-refractivity contribution in [3.63, 3.8) is 0 Å². The Morgan fingerprint density at radius 1 is 1.35 bits per heavy atom. The van der Waals surface area contributed by atoms with Gasteiger partial charge in [-0.2, -0.15) is 0 Å². The molecule has 0 bridgehead atoms. The van der Waals surface area contributed by atoms with Crippen molar-refractivity contribution in [3.05, 3.63) is 30.2 Å². The van der Waals surface area contributed by atoms with Crippen LogP contribution in [-0.4, -0.2) is 22.9 Å². The maximum atomic E-state index is 14.2. The van der Waals surface area contributed by atoms with Crippen molar-refractivity contribution >= 4 is 17.0 Å². The third kappa shape index (κ3) is 2.92. The lowest BCUT2D eigenvalue weighted by Gasteiger charge is -2.21. The zero-order chi connectivity index (χ0) is 14.9. The van der Waals surface area contributed by atoms with Crippen molar-refractivity contribution in [1.29, 1.82) is 0 Å². The summed E-state index contributed by atoms with van der Waals surface area (Å²) in [5, 5.41) is 0.595. The normalized spacial score (nSPS) is 11.7. The van der Waals surface area contributed by atoms with E-state index in [1.807, 2.05) is 20.8 Å². The van der Waals surface area contributed by atoms with Crippen LogP contribution in [0.4, 0.5) is 9.18 Å². The topological polar surface area (TPSA) is 40.5 Å². The van der Waals surface area contributed by atoms with Crippen LogP contribution in [0.1, 0.15) is 27.7 Å². The lowest BCUT2D eigenvalue weighted by atomic mass is 10.2. The Labute approximate surface area is 117 Å². The van der Waals surface area contributed by atoms with Gasteiger partial charge in [-0.05, 0) is 39.8 Å². The Kier molecular flexibility index (Phi) is 3.70. The molecule has 1 aromatic carbocycles. The smallest absolute Gasteiger partial charge is 0.418 e. The number of hydrogen-bond donors (Lipinski definition) is 0. The van der Waals surface area contributed by atoms with Gasteiger partial charge in [0.1, 0.15) is 11.4 Å². The summed E-state index contributed by atoms with van der Waals surface area (Å²) in [6.07, 6.45) is 0.901. The molecule has 0 aliphatic rings. The van der Waals surface area contributed by atoms with Gasteiger partial charge in [0.2, 0.25) is 0 Å². The molecule has 0 unspecified atom stereocenters. The van der Waals surface area contributed by atoms with Crippen LogP contribution in [0.25, 0.3) is 10.9 Å². The molecule has 1 heterocycles. The number of rotatable bonds is 2. The lowest BCUT2D eigenvalue weighted by molar-refractivity contribution is 0.130. The lowest BCUT2D eigenvalue weighted by Crippen LogP contribution is -2.23. The number of aromatic nitrogens is 1. The molecular formula is C15H18FNO3. The van der Waals surface area contributed by atoms with Gasteiger partial charge in [0.15, 0.2) is 5.82 Å². The van der Waals surface area contributed by atoms with E-state index in [1.165, 1.54) is 12.3 Å². The van der Waals surface area contributed by atoms with Gasteiger partial charge in [0, 0.05) is 17.6 Å². The second-order valence-electron chi connectivity index (χ2n) is 5.44. The van der Waals surface area contributed by atoms with Crippen LogP contribution in [0, 0.1) is 5.82 Å². The molecule has 0 radical (unpaired) electrons. The molecule has 4 nitrogen and oxygen atoms in total. The number of nitrogens with zero attached hydrogens (tertiary/aromatic N) is 1. The van der Waals surface area contributed by atoms with E-state index in [0.29, 0.717) is 11.1 Å². The van der Waals surface area contributed by atoms with Gasteiger partial charge in [-0.15, -0.1) is 0 Å². The number of ether oxygens (including phenoxy) is 2. The second kappa shape index (κ2) is 5.15. The van der Waals surface area contributed by atoms with Crippen LogP contribution in [0.3, 0.4) is 0 Å². The minimum Gasteiger partial charge on any atom is -0.488 e. The van der Waals surface area contributed by atoms with Crippen LogP contribution in [0.2, 0.25) is 0 Å². The predicted molar refractivity (Wildman–Crippen MR) is 74.7 cm³/mol. The highest BCUT2D eigenvalue weighted by molar-refractivity contribution is 5.90. The first kappa shape index (κ1) is 14.4. The van der Waals surface area contributed by atoms with Gasteiger partial charge >= 0.3 is 6.09 Å². The molecule has 2 aromatic rings. The Morgan fingerprint density at radius 3 is 2.65 bits per heavy atom. The number of hydrogen-bond acceptors (Lipinski definition) is 3. The van der Waals surface area contributed by atoms with Gasteiger partial charge in [-0.3, -0.25) is 0 Å². The maximum Gasteiger partial charge on any atom is 0.418 e. The maximum absolute atomic E-state index is 14.2. The molecular weight excluding hydrogens is 261 g/mol. The molecule has 0 N–H and O–H groups in total. The number of fused-ring (bicyclic) bond motifs is 1. The molecule has 108 valence electrons. The van der Waals surface area contributed by atoms with Crippen LogP contribution in [-0.2, 0) is 4.74 Å². The summed E-state index contributed by atoms with van der Waals surface area (Å²) in [5.41, 5.74) is -0.214. The Bertz CT molecular complexity index is 640. The van der Waals surface area contributed by atoms with Crippen molar-refractivity contribution in [2.75, 3.05) is 6.61 Å². The van der Waals surface area contributed by atoms with Crippen LogP contribution >= 0.6 is 0 Å². The third-order valence-corrected chi connectivity index (χ3v) is 2.60. The summed E-state index contributed by atoms with van der Waals surface area (Å²) in [5.74, 6) is -0.0797. The van der Waals surface area contributed by atoms with Gasteiger partial charge in [0.25, 0.3) is 0 Å².